The van der Waals surface area contributed by atoms with Crippen LogP contribution < -0.4 is 15.4 Å². The quantitative estimate of drug-likeness (QED) is 0.885. The van der Waals surface area contributed by atoms with Crippen LogP contribution in [0.25, 0.3) is 0 Å². The number of carbonyl (C=O) groups is 1. The molecule has 0 saturated carbocycles. The van der Waals surface area contributed by atoms with Crippen molar-refractivity contribution in [3.8, 4) is 5.75 Å². The van der Waals surface area contributed by atoms with Gasteiger partial charge in [-0.15, -0.1) is 0 Å². The summed E-state index contributed by atoms with van der Waals surface area (Å²) >= 11 is 0. The first-order valence-corrected chi connectivity index (χ1v) is 6.84. The maximum Gasteiger partial charge on any atom is 0.243 e. The van der Waals surface area contributed by atoms with Crippen LogP contribution in [0, 0.1) is 13.8 Å². The van der Waals surface area contributed by atoms with Gasteiger partial charge >= 0.3 is 0 Å². The Hall–Kier alpha value is -2.49. The van der Waals surface area contributed by atoms with E-state index in [1.54, 1.807) is 7.11 Å². The summed E-state index contributed by atoms with van der Waals surface area (Å²) in [5.41, 5.74) is 3.80. The van der Waals surface area contributed by atoms with Crippen LogP contribution >= 0.6 is 0 Å². The van der Waals surface area contributed by atoms with Crippen LogP contribution in [0.2, 0.25) is 0 Å². The highest BCUT2D eigenvalue weighted by atomic mass is 16.5. The summed E-state index contributed by atoms with van der Waals surface area (Å²) in [5, 5.41) is 6.00. The second kappa shape index (κ2) is 6.79. The highest BCUT2D eigenvalue weighted by Crippen LogP contribution is 2.24. The van der Waals surface area contributed by atoms with E-state index in [4.69, 9.17) is 4.74 Å². The van der Waals surface area contributed by atoms with Crippen LogP contribution in [0.5, 0.6) is 5.75 Å². The smallest absolute Gasteiger partial charge is 0.243 e. The molecule has 0 aliphatic carbocycles. The second-order valence-electron chi connectivity index (χ2n) is 4.92. The Morgan fingerprint density at radius 3 is 2.57 bits per heavy atom. The molecule has 0 aromatic heterocycles. The van der Waals surface area contributed by atoms with Crippen molar-refractivity contribution < 1.29 is 9.53 Å². The normalized spacial score (nSPS) is 10.0. The largest absolute Gasteiger partial charge is 0.495 e. The molecule has 4 nitrogen and oxygen atoms in total. The topological polar surface area (TPSA) is 50.4 Å². The van der Waals surface area contributed by atoms with E-state index in [-0.39, 0.29) is 12.5 Å². The number of benzene rings is 2. The summed E-state index contributed by atoms with van der Waals surface area (Å²) in [6, 6.07) is 13.5. The maximum absolute atomic E-state index is 12.0. The molecule has 4 heteroatoms. The lowest BCUT2D eigenvalue weighted by molar-refractivity contribution is -0.114. The molecule has 0 radical (unpaired) electrons. The van der Waals surface area contributed by atoms with Crippen LogP contribution in [0.3, 0.4) is 0 Å². The Morgan fingerprint density at radius 2 is 1.86 bits per heavy atom. The molecule has 2 aromatic rings. The number of nitrogens with one attached hydrogen (secondary N) is 2. The summed E-state index contributed by atoms with van der Waals surface area (Å²) in [7, 11) is 1.61. The molecule has 21 heavy (non-hydrogen) atoms. The van der Waals surface area contributed by atoms with Gasteiger partial charge < -0.3 is 15.4 Å². The first kappa shape index (κ1) is 14.9. The molecule has 1 amide bonds. The third-order valence-corrected chi connectivity index (χ3v) is 3.21. The molecule has 0 unspecified atom stereocenters. The number of hydrogen-bond donors (Lipinski definition) is 2. The molecule has 0 spiro atoms. The zero-order valence-corrected chi connectivity index (χ0v) is 12.6. The molecule has 110 valence electrons. The Kier molecular flexibility index (Phi) is 4.82. The van der Waals surface area contributed by atoms with Crippen molar-refractivity contribution in [2.24, 2.45) is 0 Å². The molecule has 0 aliphatic rings. The molecule has 2 rings (SSSR count). The van der Waals surface area contributed by atoms with Gasteiger partial charge in [-0.05, 0) is 43.2 Å². The number of aryl methyl sites for hydroxylation is 2. The molecule has 0 heterocycles. The average Bonchev–Trinajstić information content (AvgIpc) is 2.48. The molecular weight excluding hydrogens is 264 g/mol. The monoisotopic (exact) mass is 284 g/mol. The van der Waals surface area contributed by atoms with Crippen LogP contribution in [0.1, 0.15) is 11.1 Å². The fraction of sp³-hybridized carbons (Fsp3) is 0.235. The van der Waals surface area contributed by atoms with E-state index in [1.807, 2.05) is 56.3 Å². The number of anilines is 2. The van der Waals surface area contributed by atoms with Crippen molar-refractivity contribution in [3.05, 3.63) is 53.6 Å². The second-order valence-corrected chi connectivity index (χ2v) is 4.92. The van der Waals surface area contributed by atoms with Crippen molar-refractivity contribution in [2.45, 2.75) is 13.8 Å². The molecule has 0 saturated heterocycles. The summed E-state index contributed by atoms with van der Waals surface area (Å²) in [4.78, 5) is 12.0. The van der Waals surface area contributed by atoms with Gasteiger partial charge in [-0.1, -0.05) is 24.3 Å². The van der Waals surface area contributed by atoms with Gasteiger partial charge in [-0.25, -0.2) is 0 Å². The SMILES string of the molecule is COc1ccc(C)cc1NCC(=O)Nc1ccccc1C. The average molecular weight is 284 g/mol. The van der Waals surface area contributed by atoms with Gasteiger partial charge in [0.2, 0.25) is 5.91 Å². The van der Waals surface area contributed by atoms with Gasteiger partial charge in [0.15, 0.2) is 0 Å². The molecule has 2 N–H and O–H groups in total. The lowest BCUT2D eigenvalue weighted by Crippen LogP contribution is -2.22. The van der Waals surface area contributed by atoms with Crippen LogP contribution in [0.4, 0.5) is 11.4 Å². The highest BCUT2D eigenvalue weighted by Gasteiger charge is 2.07. The summed E-state index contributed by atoms with van der Waals surface area (Å²) < 4.78 is 5.28. The van der Waals surface area contributed by atoms with Crippen LogP contribution in [0.15, 0.2) is 42.5 Å². The van der Waals surface area contributed by atoms with E-state index >= 15 is 0 Å². The molecule has 0 fully saturated rings. The minimum absolute atomic E-state index is 0.0899. The summed E-state index contributed by atoms with van der Waals surface area (Å²) in [6.07, 6.45) is 0. The molecule has 0 bridgehead atoms. The third kappa shape index (κ3) is 3.99. The first-order valence-electron chi connectivity index (χ1n) is 6.84. The van der Waals surface area contributed by atoms with E-state index < -0.39 is 0 Å². The molecule has 2 aromatic carbocycles. The van der Waals surface area contributed by atoms with E-state index in [9.17, 15) is 4.79 Å². The number of methoxy groups -OCH3 is 1. The molecule has 0 aliphatic heterocycles. The minimum Gasteiger partial charge on any atom is -0.495 e. The number of para-hydroxylation sites is 1. The van der Waals surface area contributed by atoms with Gasteiger partial charge in [-0.3, -0.25) is 4.79 Å². The third-order valence-electron chi connectivity index (χ3n) is 3.21. The van der Waals surface area contributed by atoms with Gasteiger partial charge in [0, 0.05) is 5.69 Å². The van der Waals surface area contributed by atoms with Crippen molar-refractivity contribution in [1.82, 2.24) is 0 Å². The molecular formula is C17H20N2O2. The van der Waals surface area contributed by atoms with E-state index in [2.05, 4.69) is 10.6 Å². The van der Waals surface area contributed by atoms with Crippen molar-refractivity contribution in [3.63, 3.8) is 0 Å². The number of carbonyl (C=O) groups excluding carboxylic acids is 1. The van der Waals surface area contributed by atoms with Gasteiger partial charge in [0.05, 0.1) is 19.3 Å². The van der Waals surface area contributed by atoms with Gasteiger partial charge in [0.25, 0.3) is 0 Å². The number of amides is 1. The fourth-order valence-corrected chi connectivity index (χ4v) is 2.04. The number of rotatable bonds is 5. The minimum atomic E-state index is -0.0899. The number of hydrogen-bond acceptors (Lipinski definition) is 3. The van der Waals surface area contributed by atoms with Gasteiger partial charge in [0.1, 0.15) is 5.75 Å². The standard InChI is InChI=1S/C17H20N2O2/c1-12-8-9-16(21-3)15(10-12)18-11-17(20)19-14-7-5-4-6-13(14)2/h4-10,18H,11H2,1-3H3,(H,19,20). The lowest BCUT2D eigenvalue weighted by Gasteiger charge is -2.13. The highest BCUT2D eigenvalue weighted by molar-refractivity contribution is 5.94. The van der Waals surface area contributed by atoms with E-state index in [0.29, 0.717) is 0 Å². The van der Waals surface area contributed by atoms with Crippen LogP contribution in [-0.4, -0.2) is 19.6 Å². The van der Waals surface area contributed by atoms with Crippen molar-refractivity contribution in [2.75, 3.05) is 24.3 Å². The number of ether oxygens (including phenoxy) is 1. The predicted octanol–water partition coefficient (Wildman–Crippen LogP) is 3.36. The Morgan fingerprint density at radius 1 is 1.10 bits per heavy atom. The Bertz CT molecular complexity index is 638. The Balaban J connectivity index is 1.98. The van der Waals surface area contributed by atoms with Crippen molar-refractivity contribution >= 4 is 17.3 Å². The summed E-state index contributed by atoms with van der Waals surface area (Å²) in [5.74, 6) is 0.636. The van der Waals surface area contributed by atoms with E-state index in [1.165, 1.54) is 0 Å². The Labute approximate surface area is 125 Å². The van der Waals surface area contributed by atoms with Gasteiger partial charge in [-0.2, -0.15) is 0 Å². The lowest BCUT2D eigenvalue weighted by atomic mass is 10.2. The van der Waals surface area contributed by atoms with Crippen LogP contribution in [-0.2, 0) is 4.79 Å². The maximum atomic E-state index is 12.0. The van der Waals surface area contributed by atoms with Crippen molar-refractivity contribution in [1.29, 1.82) is 0 Å². The zero-order valence-electron chi connectivity index (χ0n) is 12.6. The fourth-order valence-electron chi connectivity index (χ4n) is 2.04. The zero-order chi connectivity index (χ0) is 15.2. The first-order chi connectivity index (χ1) is 10.1. The predicted molar refractivity (Wildman–Crippen MR) is 86.0 cm³/mol. The molecule has 0 atom stereocenters. The van der Waals surface area contributed by atoms with E-state index in [0.717, 1.165) is 28.3 Å². The summed E-state index contributed by atoms with van der Waals surface area (Å²) in [6.45, 7) is 4.15.